The number of hydrogen-bond acceptors (Lipinski definition) is 3. The van der Waals surface area contributed by atoms with Crippen LogP contribution in [0.25, 0.3) is 34.2 Å². The van der Waals surface area contributed by atoms with Crippen LogP contribution in [0.4, 0.5) is 0 Å². The highest BCUT2D eigenvalue weighted by molar-refractivity contribution is 6.11. The van der Waals surface area contributed by atoms with E-state index in [4.69, 9.17) is 4.74 Å². The maximum absolute atomic E-state index is 12.6. The van der Waals surface area contributed by atoms with Gasteiger partial charge in [0, 0.05) is 11.7 Å². The van der Waals surface area contributed by atoms with Crippen LogP contribution in [0.2, 0.25) is 0 Å². The lowest BCUT2D eigenvalue weighted by atomic mass is 9.98. The van der Waals surface area contributed by atoms with Crippen molar-refractivity contribution < 1.29 is 14.3 Å². The van der Waals surface area contributed by atoms with Gasteiger partial charge >= 0.3 is 0 Å². The average Bonchev–Trinajstić information content (AvgIpc) is 3.43. The van der Waals surface area contributed by atoms with Crippen molar-refractivity contribution >= 4 is 34.6 Å². The molecular weight excluding hydrogens is 470 g/mol. The second kappa shape index (κ2) is 11.8. The molecule has 5 rings (SSSR count). The van der Waals surface area contributed by atoms with Gasteiger partial charge in [-0.2, -0.15) is 0 Å². The molecule has 0 aliphatic heterocycles. The molecule has 0 amide bonds. The van der Waals surface area contributed by atoms with Gasteiger partial charge in [0.25, 0.3) is 0 Å². The molecule has 0 fully saturated rings. The molecule has 1 N–H and O–H groups in total. The predicted molar refractivity (Wildman–Crippen MR) is 154 cm³/mol. The molecule has 0 aliphatic rings. The average molecular weight is 498 g/mol. The van der Waals surface area contributed by atoms with Gasteiger partial charge in [0.05, 0.1) is 6.42 Å². The summed E-state index contributed by atoms with van der Waals surface area (Å²) in [5.41, 5.74) is 5.84. The van der Waals surface area contributed by atoms with Crippen LogP contribution in [0.15, 0.2) is 121 Å². The van der Waals surface area contributed by atoms with Crippen LogP contribution < -0.4 is 4.74 Å². The fourth-order valence-electron chi connectivity index (χ4n) is 4.22. The van der Waals surface area contributed by atoms with Gasteiger partial charge in [-0.1, -0.05) is 91.0 Å². The van der Waals surface area contributed by atoms with Crippen molar-refractivity contribution in [1.29, 1.82) is 0 Å². The summed E-state index contributed by atoms with van der Waals surface area (Å²) in [6, 6.07) is 33.7. The Hall–Kier alpha value is -4.96. The van der Waals surface area contributed by atoms with E-state index in [9.17, 15) is 9.59 Å². The van der Waals surface area contributed by atoms with Gasteiger partial charge in [-0.15, -0.1) is 0 Å². The van der Waals surface area contributed by atoms with E-state index in [0.29, 0.717) is 12.4 Å². The first-order chi connectivity index (χ1) is 18.6. The van der Waals surface area contributed by atoms with Gasteiger partial charge in [0.2, 0.25) is 0 Å². The van der Waals surface area contributed by atoms with Crippen molar-refractivity contribution in [2.75, 3.05) is 0 Å². The van der Waals surface area contributed by atoms with Crippen molar-refractivity contribution in [3.05, 3.63) is 138 Å². The highest BCUT2D eigenvalue weighted by Crippen LogP contribution is 2.29. The van der Waals surface area contributed by atoms with Gasteiger partial charge in [-0.05, 0) is 69.6 Å². The molecule has 0 spiro atoms. The summed E-state index contributed by atoms with van der Waals surface area (Å²) in [6.45, 7) is 0.450. The fourth-order valence-corrected chi connectivity index (χ4v) is 4.22. The van der Waals surface area contributed by atoms with Crippen molar-refractivity contribution in [3.8, 4) is 16.9 Å². The Balaban J connectivity index is 1.28. The molecule has 1 heterocycles. The van der Waals surface area contributed by atoms with Crippen LogP contribution in [-0.2, 0) is 16.2 Å². The second-order valence-corrected chi connectivity index (χ2v) is 8.99. The van der Waals surface area contributed by atoms with Crippen molar-refractivity contribution in [2.45, 2.75) is 13.0 Å². The Morgan fingerprint density at radius 3 is 2.26 bits per heavy atom. The Kier molecular flexibility index (Phi) is 7.71. The molecule has 0 radical (unpaired) electrons. The highest BCUT2D eigenvalue weighted by Gasteiger charge is 2.08. The largest absolute Gasteiger partial charge is 0.489 e. The summed E-state index contributed by atoms with van der Waals surface area (Å²) in [5.74, 6) is 0.210. The third-order valence-corrected chi connectivity index (χ3v) is 6.19. The van der Waals surface area contributed by atoms with Crippen LogP contribution in [0.3, 0.4) is 0 Å². The van der Waals surface area contributed by atoms with Crippen LogP contribution in [0.1, 0.15) is 23.1 Å². The predicted octanol–water partition coefficient (Wildman–Crippen LogP) is 7.67. The number of nitrogens with one attached hydrogen (secondary N) is 1. The molecule has 0 saturated heterocycles. The molecule has 0 atom stereocenters. The summed E-state index contributed by atoms with van der Waals surface area (Å²) in [5, 5.41) is 1.11. The Morgan fingerprint density at radius 1 is 0.737 bits per heavy atom. The second-order valence-electron chi connectivity index (χ2n) is 8.99. The van der Waals surface area contributed by atoms with E-state index in [2.05, 4.69) is 4.98 Å². The number of carbonyl (C=O) groups is 2. The highest BCUT2D eigenvalue weighted by atomic mass is 16.5. The lowest BCUT2D eigenvalue weighted by Crippen LogP contribution is -2.02. The number of hydrogen-bond donors (Lipinski definition) is 1. The van der Waals surface area contributed by atoms with Gasteiger partial charge in [-0.25, -0.2) is 0 Å². The first-order valence-electron chi connectivity index (χ1n) is 12.5. The van der Waals surface area contributed by atoms with E-state index >= 15 is 0 Å². The number of fused-ring (bicyclic) bond motifs is 1. The summed E-state index contributed by atoms with van der Waals surface area (Å²) >= 11 is 0. The zero-order chi connectivity index (χ0) is 26.2. The first-order valence-corrected chi connectivity index (χ1v) is 12.5. The molecule has 0 aliphatic carbocycles. The van der Waals surface area contributed by atoms with E-state index in [1.54, 1.807) is 12.2 Å². The number of allylic oxidation sites excluding steroid dienone is 2. The maximum atomic E-state index is 12.6. The van der Waals surface area contributed by atoms with Crippen molar-refractivity contribution in [2.24, 2.45) is 0 Å². The minimum absolute atomic E-state index is 0.192. The standard InChI is InChI=1S/C34H27NO3/c36-30(15-12-25-11-13-28-19-20-35-34(28)21-25)23-31(37)16-14-29-22-32(38-24-26-7-3-1-4-8-26)17-18-33(29)27-9-5-2-6-10-27/h1-22,35H,23-24H2. The molecular formula is C34H27NO3. The fraction of sp³-hybridized carbons (Fsp3) is 0.0588. The molecule has 4 heteroatoms. The summed E-state index contributed by atoms with van der Waals surface area (Å²) in [6.07, 6.45) is 8.12. The molecule has 0 unspecified atom stereocenters. The van der Waals surface area contributed by atoms with Crippen molar-refractivity contribution in [3.63, 3.8) is 0 Å². The van der Waals surface area contributed by atoms with Gasteiger partial charge < -0.3 is 9.72 Å². The van der Waals surface area contributed by atoms with E-state index in [1.807, 2.05) is 109 Å². The van der Waals surface area contributed by atoms with Gasteiger partial charge in [-0.3, -0.25) is 9.59 Å². The van der Waals surface area contributed by atoms with Crippen LogP contribution >= 0.6 is 0 Å². The van der Waals surface area contributed by atoms with E-state index in [1.165, 1.54) is 12.2 Å². The van der Waals surface area contributed by atoms with Crippen molar-refractivity contribution in [1.82, 2.24) is 4.98 Å². The van der Waals surface area contributed by atoms with Crippen LogP contribution in [0.5, 0.6) is 5.75 Å². The summed E-state index contributed by atoms with van der Waals surface area (Å²) in [7, 11) is 0. The number of ketones is 2. The number of rotatable bonds is 10. The summed E-state index contributed by atoms with van der Waals surface area (Å²) in [4.78, 5) is 28.2. The normalized spacial score (nSPS) is 11.4. The number of ether oxygens (including phenoxy) is 1. The quantitative estimate of drug-likeness (QED) is 0.159. The number of benzene rings is 4. The first kappa shape index (κ1) is 24.7. The SMILES string of the molecule is O=C(C=Cc1ccc2cc[nH]c2c1)CC(=O)C=Cc1cc(OCc2ccccc2)ccc1-c1ccccc1. The lowest BCUT2D eigenvalue weighted by molar-refractivity contribution is -0.121. The molecule has 186 valence electrons. The minimum Gasteiger partial charge on any atom is -0.489 e. The van der Waals surface area contributed by atoms with Gasteiger partial charge in [0.1, 0.15) is 12.4 Å². The van der Waals surface area contributed by atoms with E-state index < -0.39 is 0 Å². The Morgan fingerprint density at radius 2 is 1.47 bits per heavy atom. The number of aromatic amines is 1. The third-order valence-electron chi connectivity index (χ3n) is 6.19. The minimum atomic E-state index is -0.255. The van der Waals surface area contributed by atoms with E-state index in [-0.39, 0.29) is 18.0 Å². The topological polar surface area (TPSA) is 59.2 Å². The van der Waals surface area contributed by atoms with Crippen LogP contribution in [0, 0.1) is 0 Å². The molecule has 5 aromatic rings. The number of aromatic nitrogens is 1. The molecule has 4 nitrogen and oxygen atoms in total. The third kappa shape index (κ3) is 6.42. The molecule has 1 aromatic heterocycles. The maximum Gasteiger partial charge on any atom is 0.163 e. The molecule has 38 heavy (non-hydrogen) atoms. The zero-order valence-electron chi connectivity index (χ0n) is 20.8. The Labute approximate surface area is 221 Å². The Bertz CT molecular complexity index is 1610. The van der Waals surface area contributed by atoms with E-state index in [0.717, 1.165) is 38.7 Å². The number of carbonyl (C=O) groups excluding carboxylic acids is 2. The zero-order valence-corrected chi connectivity index (χ0v) is 20.8. The molecule has 0 bridgehead atoms. The summed E-state index contributed by atoms with van der Waals surface area (Å²) < 4.78 is 6.01. The smallest absolute Gasteiger partial charge is 0.163 e. The lowest BCUT2D eigenvalue weighted by Gasteiger charge is -2.11. The molecule has 0 saturated carbocycles. The van der Waals surface area contributed by atoms with Crippen LogP contribution in [-0.4, -0.2) is 16.6 Å². The van der Waals surface area contributed by atoms with Gasteiger partial charge in [0.15, 0.2) is 11.6 Å². The molecule has 4 aromatic carbocycles. The monoisotopic (exact) mass is 497 g/mol. The number of H-pyrrole nitrogens is 1.